The van der Waals surface area contributed by atoms with Gasteiger partial charge in [0.15, 0.2) is 0 Å². The van der Waals surface area contributed by atoms with Crippen LogP contribution in [0.15, 0.2) is 18.2 Å². The molecule has 1 aromatic rings. The topological polar surface area (TPSA) is 15.3 Å². The van der Waals surface area contributed by atoms with Gasteiger partial charge in [0.1, 0.15) is 0 Å². The Morgan fingerprint density at radius 1 is 1.05 bits per heavy atom. The lowest BCUT2D eigenvalue weighted by Crippen LogP contribution is -2.27. The molecular formula is C17H28N2. The van der Waals surface area contributed by atoms with Gasteiger partial charge in [0.05, 0.1) is 0 Å². The van der Waals surface area contributed by atoms with Gasteiger partial charge in [-0.2, -0.15) is 0 Å². The fourth-order valence-electron chi connectivity index (χ4n) is 2.84. The summed E-state index contributed by atoms with van der Waals surface area (Å²) in [6, 6.07) is 6.97. The molecule has 0 saturated carbocycles. The van der Waals surface area contributed by atoms with Crippen molar-refractivity contribution in [2.75, 3.05) is 24.5 Å². The first-order valence-electron chi connectivity index (χ1n) is 7.86. The number of benzene rings is 1. The van der Waals surface area contributed by atoms with Crippen LogP contribution < -0.4 is 10.2 Å². The largest absolute Gasteiger partial charge is 0.372 e. The van der Waals surface area contributed by atoms with Crippen LogP contribution in [0.25, 0.3) is 0 Å². The third-order valence-corrected chi connectivity index (χ3v) is 4.11. The van der Waals surface area contributed by atoms with E-state index in [9.17, 15) is 0 Å². The smallest absolute Gasteiger partial charge is 0.0369 e. The summed E-state index contributed by atoms with van der Waals surface area (Å²) < 4.78 is 0. The summed E-state index contributed by atoms with van der Waals surface area (Å²) >= 11 is 0. The van der Waals surface area contributed by atoms with E-state index in [1.54, 1.807) is 0 Å². The van der Waals surface area contributed by atoms with Gasteiger partial charge in [-0.05, 0) is 49.6 Å². The van der Waals surface area contributed by atoms with Gasteiger partial charge in [0, 0.05) is 25.3 Å². The van der Waals surface area contributed by atoms with Crippen molar-refractivity contribution in [3.63, 3.8) is 0 Å². The molecule has 1 saturated heterocycles. The summed E-state index contributed by atoms with van der Waals surface area (Å²) in [5.41, 5.74) is 4.26. The minimum atomic E-state index is 0.989. The highest BCUT2D eigenvalue weighted by molar-refractivity contribution is 5.50. The quantitative estimate of drug-likeness (QED) is 0.884. The SMILES string of the molecule is CCNCc1ccc(N2CCCCCCC2)cc1C. The summed E-state index contributed by atoms with van der Waals surface area (Å²) in [5, 5.41) is 3.41. The first-order valence-corrected chi connectivity index (χ1v) is 7.86. The van der Waals surface area contributed by atoms with Gasteiger partial charge in [0.2, 0.25) is 0 Å². The Hall–Kier alpha value is -1.02. The van der Waals surface area contributed by atoms with Crippen LogP contribution >= 0.6 is 0 Å². The molecule has 0 unspecified atom stereocenters. The Morgan fingerprint density at radius 3 is 2.37 bits per heavy atom. The minimum absolute atomic E-state index is 0.989. The molecule has 1 aliphatic rings. The average molecular weight is 260 g/mol. The van der Waals surface area contributed by atoms with Gasteiger partial charge in [-0.1, -0.05) is 32.3 Å². The molecule has 0 radical (unpaired) electrons. The Balaban J connectivity index is 2.04. The lowest BCUT2D eigenvalue weighted by atomic mass is 10.0. The third-order valence-electron chi connectivity index (χ3n) is 4.11. The standard InChI is InChI=1S/C17H28N2/c1-3-18-14-16-9-10-17(13-15(16)2)19-11-7-5-4-6-8-12-19/h9-10,13,18H,3-8,11-12,14H2,1-2H3. The van der Waals surface area contributed by atoms with Crippen LogP contribution in [0.2, 0.25) is 0 Å². The van der Waals surface area contributed by atoms with Crippen molar-refractivity contribution in [3.8, 4) is 0 Å². The molecule has 1 aliphatic heterocycles. The normalized spacial score (nSPS) is 17.1. The Labute approximate surface area is 118 Å². The summed E-state index contributed by atoms with van der Waals surface area (Å²) in [6.45, 7) is 8.87. The first kappa shape index (κ1) is 14.4. The van der Waals surface area contributed by atoms with Gasteiger partial charge in [-0.15, -0.1) is 0 Å². The van der Waals surface area contributed by atoms with E-state index < -0.39 is 0 Å². The number of nitrogens with one attached hydrogen (secondary N) is 1. The predicted octanol–water partition coefficient (Wildman–Crippen LogP) is 3.88. The highest BCUT2D eigenvalue weighted by Gasteiger charge is 2.10. The molecule has 1 heterocycles. The van der Waals surface area contributed by atoms with Gasteiger partial charge in [-0.3, -0.25) is 0 Å². The second kappa shape index (κ2) is 7.54. The highest BCUT2D eigenvalue weighted by atomic mass is 15.1. The molecule has 106 valence electrons. The van der Waals surface area contributed by atoms with Crippen LogP contribution in [-0.4, -0.2) is 19.6 Å². The molecule has 1 aromatic carbocycles. The van der Waals surface area contributed by atoms with Crippen molar-refractivity contribution in [2.24, 2.45) is 0 Å². The Kier molecular flexibility index (Phi) is 5.71. The van der Waals surface area contributed by atoms with E-state index in [-0.39, 0.29) is 0 Å². The van der Waals surface area contributed by atoms with E-state index in [1.165, 1.54) is 62.0 Å². The molecule has 2 rings (SSSR count). The van der Waals surface area contributed by atoms with Gasteiger partial charge >= 0.3 is 0 Å². The van der Waals surface area contributed by atoms with E-state index >= 15 is 0 Å². The van der Waals surface area contributed by atoms with Crippen LogP contribution in [0.3, 0.4) is 0 Å². The number of hydrogen-bond acceptors (Lipinski definition) is 2. The van der Waals surface area contributed by atoms with Crippen LogP contribution in [0.4, 0.5) is 5.69 Å². The van der Waals surface area contributed by atoms with Crippen molar-refractivity contribution < 1.29 is 0 Å². The second-order valence-corrected chi connectivity index (χ2v) is 5.65. The number of aryl methyl sites for hydroxylation is 1. The predicted molar refractivity (Wildman–Crippen MR) is 83.9 cm³/mol. The van der Waals surface area contributed by atoms with Gasteiger partial charge < -0.3 is 10.2 Å². The second-order valence-electron chi connectivity index (χ2n) is 5.65. The summed E-state index contributed by atoms with van der Waals surface area (Å²) in [4.78, 5) is 2.57. The summed E-state index contributed by atoms with van der Waals surface area (Å²) in [5.74, 6) is 0. The Bertz CT molecular complexity index is 379. The van der Waals surface area contributed by atoms with Crippen LogP contribution in [0.1, 0.15) is 50.2 Å². The molecule has 2 heteroatoms. The maximum atomic E-state index is 3.41. The van der Waals surface area contributed by atoms with Crippen molar-refractivity contribution >= 4 is 5.69 Å². The summed E-state index contributed by atoms with van der Waals surface area (Å²) in [7, 11) is 0. The molecule has 0 amide bonds. The minimum Gasteiger partial charge on any atom is -0.372 e. The highest BCUT2D eigenvalue weighted by Crippen LogP contribution is 2.22. The fraction of sp³-hybridized carbons (Fsp3) is 0.647. The van der Waals surface area contributed by atoms with Crippen LogP contribution in [-0.2, 0) is 6.54 Å². The van der Waals surface area contributed by atoms with E-state index in [0.717, 1.165) is 13.1 Å². The van der Waals surface area contributed by atoms with Crippen molar-refractivity contribution in [2.45, 2.75) is 52.5 Å². The maximum absolute atomic E-state index is 3.41. The van der Waals surface area contributed by atoms with Gasteiger partial charge in [0.25, 0.3) is 0 Å². The van der Waals surface area contributed by atoms with Crippen molar-refractivity contribution in [3.05, 3.63) is 29.3 Å². The van der Waals surface area contributed by atoms with E-state index in [4.69, 9.17) is 0 Å². The molecule has 0 atom stereocenters. The molecule has 0 aliphatic carbocycles. The van der Waals surface area contributed by atoms with Crippen LogP contribution in [0, 0.1) is 6.92 Å². The number of anilines is 1. The van der Waals surface area contributed by atoms with Gasteiger partial charge in [-0.25, -0.2) is 0 Å². The zero-order chi connectivity index (χ0) is 13.5. The van der Waals surface area contributed by atoms with Crippen molar-refractivity contribution in [1.82, 2.24) is 5.32 Å². The lowest BCUT2D eigenvalue weighted by molar-refractivity contribution is 0.556. The monoisotopic (exact) mass is 260 g/mol. The Morgan fingerprint density at radius 2 is 1.74 bits per heavy atom. The van der Waals surface area contributed by atoms with E-state index in [0.29, 0.717) is 0 Å². The number of rotatable bonds is 4. The molecule has 0 spiro atoms. The first-order chi connectivity index (χ1) is 9.31. The van der Waals surface area contributed by atoms with E-state index in [1.807, 2.05) is 0 Å². The molecule has 2 nitrogen and oxygen atoms in total. The third kappa shape index (κ3) is 4.24. The van der Waals surface area contributed by atoms with Crippen LogP contribution in [0.5, 0.6) is 0 Å². The zero-order valence-corrected chi connectivity index (χ0v) is 12.5. The number of nitrogens with zero attached hydrogens (tertiary/aromatic N) is 1. The molecule has 0 aromatic heterocycles. The molecule has 1 N–H and O–H groups in total. The maximum Gasteiger partial charge on any atom is 0.0369 e. The molecule has 1 fully saturated rings. The average Bonchev–Trinajstić information content (AvgIpc) is 2.37. The molecular weight excluding hydrogens is 232 g/mol. The fourth-order valence-corrected chi connectivity index (χ4v) is 2.84. The van der Waals surface area contributed by atoms with E-state index in [2.05, 4.69) is 42.3 Å². The van der Waals surface area contributed by atoms with Crippen molar-refractivity contribution in [1.29, 1.82) is 0 Å². The number of hydrogen-bond donors (Lipinski definition) is 1. The molecule has 0 bridgehead atoms. The summed E-state index contributed by atoms with van der Waals surface area (Å²) in [6.07, 6.45) is 6.91. The lowest BCUT2D eigenvalue weighted by Gasteiger charge is -2.27. The molecule has 19 heavy (non-hydrogen) atoms. The zero-order valence-electron chi connectivity index (χ0n) is 12.5.